The highest BCUT2D eigenvalue weighted by molar-refractivity contribution is 9.10. The molecular weight excluding hydrogens is 584 g/mol. The van der Waals surface area contributed by atoms with Gasteiger partial charge >= 0.3 is 0 Å². The molecule has 3 aromatic rings. The second-order valence-corrected chi connectivity index (χ2v) is 11.3. The number of nitrogens with zero attached hydrogens (tertiary/aromatic N) is 1. The summed E-state index contributed by atoms with van der Waals surface area (Å²) in [7, 11) is 0. The topological polar surface area (TPSA) is 67.9 Å². The van der Waals surface area contributed by atoms with Crippen molar-refractivity contribution in [2.45, 2.75) is 26.7 Å². The molecule has 4 rings (SSSR count). The maximum Gasteiger partial charge on any atom is 0.270 e. The van der Waals surface area contributed by atoms with Crippen LogP contribution in [0.3, 0.4) is 0 Å². The van der Waals surface area contributed by atoms with Gasteiger partial charge in [0.2, 0.25) is 0 Å². The lowest BCUT2D eigenvalue weighted by molar-refractivity contribution is -0.118. The van der Waals surface area contributed by atoms with E-state index < -0.39 is 0 Å². The molecule has 1 heterocycles. The Morgan fingerprint density at radius 3 is 2.53 bits per heavy atom. The van der Waals surface area contributed by atoms with Crippen LogP contribution in [0.4, 0.5) is 11.4 Å². The van der Waals surface area contributed by atoms with Gasteiger partial charge in [-0.15, -0.1) is 0 Å². The Balaban J connectivity index is 1.47. The van der Waals surface area contributed by atoms with Crippen molar-refractivity contribution in [3.05, 3.63) is 87.2 Å². The zero-order chi connectivity index (χ0) is 27.2. The molecule has 196 valence electrons. The first-order valence-electron chi connectivity index (χ1n) is 12.1. The van der Waals surface area contributed by atoms with Gasteiger partial charge in [-0.1, -0.05) is 78.0 Å². The van der Waals surface area contributed by atoms with Gasteiger partial charge in [-0.25, -0.2) is 0 Å². The summed E-state index contributed by atoms with van der Waals surface area (Å²) >= 11 is 10.1. The third-order valence-electron chi connectivity index (χ3n) is 5.66. The number of carbonyl (C=O) groups excluding carboxylic acids is 2. The van der Waals surface area contributed by atoms with E-state index >= 15 is 0 Å². The van der Waals surface area contributed by atoms with Crippen LogP contribution in [-0.2, 0) is 9.59 Å². The number of anilines is 2. The van der Waals surface area contributed by atoms with Crippen molar-refractivity contribution in [3.63, 3.8) is 0 Å². The summed E-state index contributed by atoms with van der Waals surface area (Å²) in [5.41, 5.74) is 3.31. The normalized spacial score (nSPS) is 14.3. The fraction of sp³-hybridized carbons (Fsp3) is 0.207. The second-order valence-electron chi connectivity index (χ2n) is 8.71. The maximum absolute atomic E-state index is 13.1. The van der Waals surface area contributed by atoms with Gasteiger partial charge in [-0.2, -0.15) is 0 Å². The molecule has 2 amide bonds. The van der Waals surface area contributed by atoms with E-state index in [1.807, 2.05) is 61.5 Å². The monoisotopic (exact) mass is 610 g/mol. The van der Waals surface area contributed by atoms with Crippen molar-refractivity contribution in [1.29, 1.82) is 0 Å². The predicted molar refractivity (Wildman–Crippen MR) is 162 cm³/mol. The molecule has 0 atom stereocenters. The van der Waals surface area contributed by atoms with Gasteiger partial charge in [-0.3, -0.25) is 14.5 Å². The molecule has 0 spiro atoms. The van der Waals surface area contributed by atoms with Gasteiger partial charge in [0.1, 0.15) is 0 Å². The minimum atomic E-state index is -0.263. The highest BCUT2D eigenvalue weighted by Crippen LogP contribution is 2.37. The van der Waals surface area contributed by atoms with Gasteiger partial charge in [0, 0.05) is 10.2 Å². The Kier molecular flexibility index (Phi) is 9.25. The lowest BCUT2D eigenvalue weighted by atomic mass is 10.0. The van der Waals surface area contributed by atoms with Gasteiger partial charge in [0.15, 0.2) is 22.4 Å². The number of para-hydroxylation sites is 1. The van der Waals surface area contributed by atoms with Crippen LogP contribution in [-0.4, -0.2) is 29.3 Å². The zero-order valence-corrected chi connectivity index (χ0v) is 24.4. The molecule has 1 fully saturated rings. The Hall–Kier alpha value is -3.14. The van der Waals surface area contributed by atoms with Crippen LogP contribution in [0, 0.1) is 0 Å². The predicted octanol–water partition coefficient (Wildman–Crippen LogP) is 7.39. The van der Waals surface area contributed by atoms with Crippen LogP contribution in [0.2, 0.25) is 0 Å². The number of hydrogen-bond acceptors (Lipinski definition) is 6. The summed E-state index contributed by atoms with van der Waals surface area (Å²) in [6.07, 6.45) is 1.78. The van der Waals surface area contributed by atoms with Gasteiger partial charge in [0.25, 0.3) is 11.8 Å². The van der Waals surface area contributed by atoms with E-state index in [2.05, 4.69) is 35.1 Å². The molecule has 1 aliphatic heterocycles. The van der Waals surface area contributed by atoms with Crippen LogP contribution in [0.25, 0.3) is 6.08 Å². The number of thioether (sulfide) groups is 1. The van der Waals surface area contributed by atoms with Gasteiger partial charge in [-0.05, 0) is 72.5 Å². The molecule has 0 saturated carbocycles. The summed E-state index contributed by atoms with van der Waals surface area (Å²) < 4.78 is 13.0. The van der Waals surface area contributed by atoms with Crippen LogP contribution >= 0.6 is 39.9 Å². The van der Waals surface area contributed by atoms with Crippen LogP contribution in [0.5, 0.6) is 11.5 Å². The fourth-order valence-electron chi connectivity index (χ4n) is 3.88. The van der Waals surface area contributed by atoms with Crippen molar-refractivity contribution in [1.82, 2.24) is 0 Å². The van der Waals surface area contributed by atoms with Crippen molar-refractivity contribution in [3.8, 4) is 11.5 Å². The third kappa shape index (κ3) is 6.64. The number of rotatable bonds is 9. The van der Waals surface area contributed by atoms with Crippen molar-refractivity contribution in [2.75, 3.05) is 23.4 Å². The molecule has 0 aliphatic carbocycles. The number of halogens is 1. The second kappa shape index (κ2) is 12.6. The summed E-state index contributed by atoms with van der Waals surface area (Å²) in [6, 6.07) is 20.5. The smallest absolute Gasteiger partial charge is 0.270 e. The van der Waals surface area contributed by atoms with E-state index in [-0.39, 0.29) is 24.3 Å². The largest absolute Gasteiger partial charge is 0.490 e. The number of nitrogens with one attached hydrogen (secondary N) is 1. The number of thiocarbonyl (C=S) groups is 1. The van der Waals surface area contributed by atoms with Gasteiger partial charge < -0.3 is 14.8 Å². The minimum absolute atomic E-state index is 0.169. The fourth-order valence-corrected chi connectivity index (χ4v) is 5.44. The Labute approximate surface area is 240 Å². The van der Waals surface area contributed by atoms with E-state index in [1.165, 1.54) is 16.7 Å². The lowest BCUT2D eigenvalue weighted by Crippen LogP contribution is -2.27. The Morgan fingerprint density at radius 1 is 1.08 bits per heavy atom. The molecule has 38 heavy (non-hydrogen) atoms. The molecule has 0 unspecified atom stereocenters. The standard InChI is InChI=1S/C29H27BrN2O4S2/c1-4-35-25-15-19(16-26-28(34)32(29(37)38-26)21-12-10-20(30)11-13-21)9-14-24(25)36-17-27(33)31-23-8-6-5-7-22(23)18(2)3/h5-16,18H,4,17H2,1-3H3,(H,31,33)/b26-16+. The minimum Gasteiger partial charge on any atom is -0.490 e. The molecule has 6 nitrogen and oxygen atoms in total. The van der Waals surface area contributed by atoms with Crippen LogP contribution < -0.4 is 19.7 Å². The summed E-state index contributed by atoms with van der Waals surface area (Å²) in [5.74, 6) is 0.763. The first-order valence-corrected chi connectivity index (χ1v) is 14.1. The molecule has 0 bridgehead atoms. The first-order chi connectivity index (χ1) is 18.3. The number of amides is 2. The summed E-state index contributed by atoms with van der Waals surface area (Å²) in [6.45, 7) is 6.28. The highest BCUT2D eigenvalue weighted by atomic mass is 79.9. The number of carbonyl (C=O) groups is 2. The maximum atomic E-state index is 13.1. The van der Waals surface area contributed by atoms with E-state index in [4.69, 9.17) is 21.7 Å². The zero-order valence-electron chi connectivity index (χ0n) is 21.2. The van der Waals surface area contributed by atoms with E-state index in [0.29, 0.717) is 33.0 Å². The number of benzene rings is 3. The molecule has 1 N–H and O–H groups in total. The molecule has 1 aliphatic rings. The van der Waals surface area contributed by atoms with Crippen LogP contribution in [0.15, 0.2) is 76.1 Å². The van der Waals surface area contributed by atoms with Crippen molar-refractivity contribution < 1.29 is 19.1 Å². The third-order valence-corrected chi connectivity index (χ3v) is 7.49. The molecule has 1 saturated heterocycles. The number of hydrogen-bond donors (Lipinski definition) is 1. The first kappa shape index (κ1) is 27.9. The summed E-state index contributed by atoms with van der Waals surface area (Å²) in [5, 5.41) is 2.93. The van der Waals surface area contributed by atoms with Crippen LogP contribution in [0.1, 0.15) is 37.8 Å². The Morgan fingerprint density at radius 2 is 1.82 bits per heavy atom. The SMILES string of the molecule is CCOc1cc(/C=C2/SC(=S)N(c3ccc(Br)cc3)C2=O)ccc1OCC(=O)Nc1ccccc1C(C)C. The van der Waals surface area contributed by atoms with Crippen molar-refractivity contribution >= 4 is 73.5 Å². The molecule has 3 aromatic carbocycles. The molecule has 0 radical (unpaired) electrons. The van der Waals surface area contributed by atoms with E-state index in [9.17, 15) is 9.59 Å². The average Bonchev–Trinajstić information content (AvgIpc) is 3.17. The molecular formula is C29H27BrN2O4S2. The molecule has 0 aromatic heterocycles. The van der Waals surface area contributed by atoms with E-state index in [0.717, 1.165) is 21.3 Å². The van der Waals surface area contributed by atoms with Crippen molar-refractivity contribution in [2.24, 2.45) is 0 Å². The molecule has 9 heteroatoms. The number of ether oxygens (including phenoxy) is 2. The highest BCUT2D eigenvalue weighted by Gasteiger charge is 2.33. The quantitative estimate of drug-likeness (QED) is 0.201. The van der Waals surface area contributed by atoms with Gasteiger partial charge in [0.05, 0.1) is 17.2 Å². The Bertz CT molecular complexity index is 1390. The summed E-state index contributed by atoms with van der Waals surface area (Å²) in [4.78, 5) is 27.8. The average molecular weight is 612 g/mol. The lowest BCUT2D eigenvalue weighted by Gasteiger charge is -2.15. The van der Waals surface area contributed by atoms with E-state index in [1.54, 1.807) is 18.2 Å².